The number of hydrogen-bond acceptors (Lipinski definition) is 4. The van der Waals surface area contributed by atoms with E-state index in [4.69, 9.17) is 9.47 Å². The molecular formula is C54H98O4. The van der Waals surface area contributed by atoms with Crippen LogP contribution >= 0.6 is 0 Å². The summed E-state index contributed by atoms with van der Waals surface area (Å²) < 4.78 is 11.2. The smallest absolute Gasteiger partial charge is 0.306 e. The molecule has 0 rings (SSSR count). The van der Waals surface area contributed by atoms with Crippen molar-refractivity contribution < 1.29 is 19.4 Å². The van der Waals surface area contributed by atoms with Crippen molar-refractivity contribution in [2.45, 2.75) is 258 Å². The zero-order valence-corrected chi connectivity index (χ0v) is 38.8. The van der Waals surface area contributed by atoms with Gasteiger partial charge in [-0.15, -0.1) is 0 Å². The second kappa shape index (κ2) is 51.2. The van der Waals surface area contributed by atoms with Gasteiger partial charge in [0.05, 0.1) is 13.2 Å². The van der Waals surface area contributed by atoms with Crippen molar-refractivity contribution in [1.29, 1.82) is 0 Å². The Bertz CT molecular complexity index is 947. The maximum atomic E-state index is 12.3. The molecule has 4 heteroatoms. The highest BCUT2D eigenvalue weighted by Crippen LogP contribution is 2.16. The lowest BCUT2D eigenvalue weighted by Crippen LogP contribution is -2.27. The summed E-state index contributed by atoms with van der Waals surface area (Å²) in [6.45, 7) is 5.25. The van der Waals surface area contributed by atoms with E-state index in [0.29, 0.717) is 19.6 Å². The molecule has 0 bridgehead atoms. The Morgan fingerprint density at radius 2 is 0.776 bits per heavy atom. The second-order valence-corrected chi connectivity index (χ2v) is 16.9. The molecule has 0 fully saturated rings. The molecule has 4 nitrogen and oxygen atoms in total. The molecule has 0 aliphatic carbocycles. The molecule has 0 aromatic carbocycles. The van der Waals surface area contributed by atoms with Gasteiger partial charge in [-0.3, -0.25) is 4.79 Å². The first kappa shape index (κ1) is 56.1. The van der Waals surface area contributed by atoms with Crippen LogP contribution in [0, 0.1) is 0 Å². The number of aliphatic hydroxyl groups excluding tert-OH is 1. The molecule has 0 heterocycles. The predicted octanol–water partition coefficient (Wildman–Crippen LogP) is 17.2. The second-order valence-electron chi connectivity index (χ2n) is 16.9. The number of aliphatic hydroxyl groups is 1. The van der Waals surface area contributed by atoms with Gasteiger partial charge in [0.1, 0.15) is 6.10 Å². The largest absolute Gasteiger partial charge is 0.457 e. The van der Waals surface area contributed by atoms with Crippen LogP contribution in [0.4, 0.5) is 0 Å². The van der Waals surface area contributed by atoms with Gasteiger partial charge in [0.25, 0.3) is 0 Å². The quantitative estimate of drug-likeness (QED) is 0.0378. The summed E-state index contributed by atoms with van der Waals surface area (Å²) in [6.07, 6.45) is 68.8. The predicted molar refractivity (Wildman–Crippen MR) is 256 cm³/mol. The fourth-order valence-corrected chi connectivity index (χ4v) is 7.36. The van der Waals surface area contributed by atoms with Crippen LogP contribution in [0.3, 0.4) is 0 Å². The Labute approximate surface area is 362 Å². The van der Waals surface area contributed by atoms with Crippen LogP contribution in [-0.2, 0) is 14.3 Å². The Morgan fingerprint density at radius 1 is 0.431 bits per heavy atom. The van der Waals surface area contributed by atoms with E-state index in [1.165, 1.54) is 180 Å². The van der Waals surface area contributed by atoms with Crippen LogP contribution in [0.1, 0.15) is 251 Å². The Hall–Kier alpha value is -1.91. The molecule has 0 radical (unpaired) electrons. The first-order valence-electron chi connectivity index (χ1n) is 25.4. The summed E-state index contributed by atoms with van der Waals surface area (Å²) in [7, 11) is 0. The minimum Gasteiger partial charge on any atom is -0.457 e. The highest BCUT2D eigenvalue weighted by Gasteiger charge is 2.13. The van der Waals surface area contributed by atoms with Crippen LogP contribution in [0.15, 0.2) is 60.8 Å². The Morgan fingerprint density at radius 3 is 1.17 bits per heavy atom. The topological polar surface area (TPSA) is 55.8 Å². The number of rotatable bonds is 47. The Kier molecular flexibility index (Phi) is 49.5. The van der Waals surface area contributed by atoms with Gasteiger partial charge in [-0.05, 0) is 57.8 Å². The SMILES string of the molecule is CC/C=C\C/C=C\C/C=C\C/C=C\C/C=C\CCCCCCCCCCOCC(CO)OC(=O)CCCCCCCCCCCCCCCCCCCCCCCC. The third-order valence-electron chi connectivity index (χ3n) is 11.1. The van der Waals surface area contributed by atoms with E-state index >= 15 is 0 Å². The maximum Gasteiger partial charge on any atom is 0.306 e. The van der Waals surface area contributed by atoms with Crippen molar-refractivity contribution in [1.82, 2.24) is 0 Å². The van der Waals surface area contributed by atoms with Gasteiger partial charge >= 0.3 is 5.97 Å². The minimum absolute atomic E-state index is 0.174. The first-order valence-corrected chi connectivity index (χ1v) is 25.4. The Balaban J connectivity index is 3.42. The molecule has 0 saturated carbocycles. The monoisotopic (exact) mass is 811 g/mol. The van der Waals surface area contributed by atoms with Gasteiger partial charge in [-0.2, -0.15) is 0 Å². The van der Waals surface area contributed by atoms with E-state index in [-0.39, 0.29) is 12.6 Å². The van der Waals surface area contributed by atoms with E-state index in [2.05, 4.69) is 74.6 Å². The molecule has 0 aromatic rings. The maximum absolute atomic E-state index is 12.3. The normalized spacial score (nSPS) is 12.8. The van der Waals surface area contributed by atoms with E-state index in [0.717, 1.165) is 51.4 Å². The molecule has 0 spiro atoms. The number of carbonyl (C=O) groups excluding carboxylic acids is 1. The van der Waals surface area contributed by atoms with Gasteiger partial charge < -0.3 is 14.6 Å². The fraction of sp³-hybridized carbons (Fsp3) is 0.796. The van der Waals surface area contributed by atoms with E-state index in [1.54, 1.807) is 0 Å². The van der Waals surface area contributed by atoms with Crippen molar-refractivity contribution in [3.63, 3.8) is 0 Å². The molecule has 1 N–H and O–H groups in total. The number of esters is 1. The van der Waals surface area contributed by atoms with Crippen LogP contribution in [0.25, 0.3) is 0 Å². The molecule has 1 atom stereocenters. The molecule has 0 aliphatic rings. The highest BCUT2D eigenvalue weighted by molar-refractivity contribution is 5.69. The minimum atomic E-state index is -0.540. The molecule has 0 amide bonds. The van der Waals surface area contributed by atoms with Gasteiger partial charge in [-0.25, -0.2) is 0 Å². The van der Waals surface area contributed by atoms with Gasteiger partial charge in [0, 0.05) is 13.0 Å². The van der Waals surface area contributed by atoms with Crippen molar-refractivity contribution in [2.75, 3.05) is 19.8 Å². The number of hydrogen-bond donors (Lipinski definition) is 1. The fourth-order valence-electron chi connectivity index (χ4n) is 7.36. The average molecular weight is 811 g/mol. The third-order valence-corrected chi connectivity index (χ3v) is 11.1. The van der Waals surface area contributed by atoms with E-state index in [1.807, 2.05) is 0 Å². The van der Waals surface area contributed by atoms with E-state index in [9.17, 15) is 9.90 Å². The summed E-state index contributed by atoms with van der Waals surface area (Å²) in [5, 5.41) is 9.65. The van der Waals surface area contributed by atoms with Crippen molar-refractivity contribution >= 4 is 5.97 Å². The van der Waals surface area contributed by atoms with Crippen LogP contribution in [0.2, 0.25) is 0 Å². The van der Waals surface area contributed by atoms with Gasteiger partial charge in [0.15, 0.2) is 0 Å². The summed E-state index contributed by atoms with van der Waals surface area (Å²) in [6, 6.07) is 0. The third kappa shape index (κ3) is 48.5. The van der Waals surface area contributed by atoms with Crippen LogP contribution in [-0.4, -0.2) is 37.0 Å². The molecule has 0 aliphatic heterocycles. The lowest BCUT2D eigenvalue weighted by Gasteiger charge is -2.16. The molecule has 0 aromatic heterocycles. The van der Waals surface area contributed by atoms with Crippen LogP contribution in [0.5, 0.6) is 0 Å². The molecule has 1 unspecified atom stereocenters. The number of ether oxygens (including phenoxy) is 2. The zero-order chi connectivity index (χ0) is 41.9. The first-order chi connectivity index (χ1) is 28.7. The number of allylic oxidation sites excluding steroid dienone is 10. The van der Waals surface area contributed by atoms with Crippen molar-refractivity contribution in [3.05, 3.63) is 60.8 Å². The summed E-state index contributed by atoms with van der Waals surface area (Å²) in [5.74, 6) is -0.200. The van der Waals surface area contributed by atoms with Crippen LogP contribution < -0.4 is 0 Å². The number of unbranched alkanes of at least 4 members (excludes halogenated alkanes) is 29. The summed E-state index contributed by atoms with van der Waals surface area (Å²) in [4.78, 5) is 12.3. The van der Waals surface area contributed by atoms with Gasteiger partial charge in [-0.1, -0.05) is 248 Å². The summed E-state index contributed by atoms with van der Waals surface area (Å²) in [5.41, 5.74) is 0. The molecule has 0 saturated heterocycles. The van der Waals surface area contributed by atoms with Crippen molar-refractivity contribution in [3.8, 4) is 0 Å². The summed E-state index contributed by atoms with van der Waals surface area (Å²) >= 11 is 0. The van der Waals surface area contributed by atoms with Gasteiger partial charge in [0.2, 0.25) is 0 Å². The van der Waals surface area contributed by atoms with Crippen molar-refractivity contribution in [2.24, 2.45) is 0 Å². The number of carbonyl (C=O) groups is 1. The highest BCUT2D eigenvalue weighted by atomic mass is 16.6. The van der Waals surface area contributed by atoms with E-state index < -0.39 is 6.10 Å². The standard InChI is InChI=1S/C54H98O4/c1-3-5-7-9-11-13-15-17-19-21-23-25-27-28-30-32-34-36-38-40-42-44-46-48-50-57-52-53(51-55)58-54(56)49-47-45-43-41-39-37-35-33-31-29-26-24-22-20-18-16-14-12-10-8-6-4-2/h5,7,11,13,17,19,23,25,28,30,53,55H,3-4,6,8-10,12,14-16,18,20-22,24,26-27,29,31-52H2,1-2H3/b7-5-,13-11-,19-17-,25-23-,30-28-. The molecule has 338 valence electrons. The molecule has 58 heavy (non-hydrogen) atoms. The molecular weight excluding hydrogens is 713 g/mol. The zero-order valence-electron chi connectivity index (χ0n) is 38.8. The lowest BCUT2D eigenvalue weighted by molar-refractivity contribution is -0.154. The average Bonchev–Trinajstić information content (AvgIpc) is 3.23. The lowest BCUT2D eigenvalue weighted by atomic mass is 10.0.